The number of hydrogen-bond acceptors (Lipinski definition) is 5. The first-order valence-corrected chi connectivity index (χ1v) is 7.49. The average Bonchev–Trinajstić information content (AvgIpc) is 2.98. The van der Waals surface area contributed by atoms with E-state index < -0.39 is 0 Å². The number of fused-ring (bicyclic) bond motifs is 1. The lowest BCUT2D eigenvalue weighted by molar-refractivity contribution is -0.0826. The maximum absolute atomic E-state index is 6.20. The van der Waals surface area contributed by atoms with E-state index in [-0.39, 0.29) is 6.10 Å². The van der Waals surface area contributed by atoms with E-state index in [4.69, 9.17) is 9.26 Å². The zero-order chi connectivity index (χ0) is 12.8. The van der Waals surface area contributed by atoms with E-state index in [1.54, 1.807) is 0 Å². The molecule has 4 rings (SSSR count). The van der Waals surface area contributed by atoms with Gasteiger partial charge in [0, 0.05) is 19.1 Å². The first-order chi connectivity index (χ1) is 9.29. The molecule has 1 saturated carbocycles. The zero-order valence-corrected chi connectivity index (χ0v) is 11.4. The molecular formula is C14H21N3O2. The van der Waals surface area contributed by atoms with E-state index in [9.17, 15) is 0 Å². The number of likely N-dealkylation sites (tertiary alicyclic amines) is 1. The molecule has 0 spiro atoms. The molecule has 3 atom stereocenters. The van der Waals surface area contributed by atoms with Crippen molar-refractivity contribution in [2.24, 2.45) is 5.92 Å². The summed E-state index contributed by atoms with van der Waals surface area (Å²) in [5.41, 5.74) is 0. The largest absolute Gasteiger partial charge is 0.363 e. The lowest BCUT2D eigenvalue weighted by Gasteiger charge is -2.34. The molecule has 0 aromatic carbocycles. The molecular weight excluding hydrogens is 242 g/mol. The van der Waals surface area contributed by atoms with Gasteiger partial charge < -0.3 is 9.26 Å². The van der Waals surface area contributed by atoms with E-state index in [2.05, 4.69) is 15.0 Å². The van der Waals surface area contributed by atoms with Crippen LogP contribution in [0.15, 0.2) is 4.52 Å². The lowest BCUT2D eigenvalue weighted by Crippen LogP contribution is -2.41. The van der Waals surface area contributed by atoms with Crippen LogP contribution in [0.25, 0.3) is 0 Å². The fraction of sp³-hybridized carbons (Fsp3) is 0.857. The van der Waals surface area contributed by atoms with Crippen molar-refractivity contribution in [2.45, 2.75) is 57.3 Å². The van der Waals surface area contributed by atoms with Gasteiger partial charge in [-0.3, -0.25) is 4.90 Å². The van der Waals surface area contributed by atoms with Crippen LogP contribution >= 0.6 is 0 Å². The number of nitrogens with zero attached hydrogens (tertiary/aromatic N) is 3. The molecule has 3 fully saturated rings. The fourth-order valence-corrected chi connectivity index (χ4v) is 3.50. The van der Waals surface area contributed by atoms with Crippen LogP contribution in [0.3, 0.4) is 0 Å². The summed E-state index contributed by atoms with van der Waals surface area (Å²) in [7, 11) is 0. The molecule has 19 heavy (non-hydrogen) atoms. The minimum atomic E-state index is 0.0170. The first-order valence-electron chi connectivity index (χ1n) is 7.49. The second-order valence-corrected chi connectivity index (χ2v) is 6.21. The van der Waals surface area contributed by atoms with E-state index in [1.165, 1.54) is 32.4 Å². The van der Waals surface area contributed by atoms with Crippen molar-refractivity contribution in [3.8, 4) is 0 Å². The number of aromatic nitrogens is 2. The molecule has 1 aromatic heterocycles. The molecule has 0 amide bonds. The first kappa shape index (κ1) is 11.9. The third kappa shape index (κ3) is 2.30. The van der Waals surface area contributed by atoms with Crippen molar-refractivity contribution in [3.63, 3.8) is 0 Å². The molecule has 5 heteroatoms. The molecule has 104 valence electrons. The predicted molar refractivity (Wildman–Crippen MR) is 68.6 cm³/mol. The smallest absolute Gasteiger partial charge is 0.255 e. The monoisotopic (exact) mass is 263 g/mol. The molecule has 0 N–H and O–H groups in total. The average molecular weight is 263 g/mol. The predicted octanol–water partition coefficient (Wildman–Crippen LogP) is 2.08. The normalized spacial score (nSPS) is 35.5. The van der Waals surface area contributed by atoms with Crippen molar-refractivity contribution in [1.29, 1.82) is 0 Å². The highest BCUT2D eigenvalue weighted by molar-refractivity contribution is 4.98. The van der Waals surface area contributed by atoms with Crippen LogP contribution in [0, 0.1) is 12.8 Å². The van der Waals surface area contributed by atoms with Crippen LogP contribution in [-0.4, -0.2) is 40.3 Å². The van der Waals surface area contributed by atoms with Crippen molar-refractivity contribution in [1.82, 2.24) is 15.0 Å². The van der Waals surface area contributed by atoms with Crippen molar-refractivity contribution in [3.05, 3.63) is 11.7 Å². The highest BCUT2D eigenvalue weighted by Crippen LogP contribution is 2.39. The third-order valence-corrected chi connectivity index (χ3v) is 4.67. The number of aryl methyl sites for hydroxylation is 1. The summed E-state index contributed by atoms with van der Waals surface area (Å²) in [6.07, 6.45) is 6.60. The summed E-state index contributed by atoms with van der Waals surface area (Å²) in [6, 6.07) is 0.626. The van der Waals surface area contributed by atoms with Crippen LogP contribution in [0.1, 0.15) is 49.9 Å². The zero-order valence-electron chi connectivity index (χ0n) is 11.4. The Hall–Kier alpha value is -0.940. The Labute approximate surface area is 113 Å². The van der Waals surface area contributed by atoms with Gasteiger partial charge in [-0.1, -0.05) is 5.16 Å². The van der Waals surface area contributed by atoms with Crippen LogP contribution in [0.5, 0.6) is 0 Å². The molecule has 2 saturated heterocycles. The van der Waals surface area contributed by atoms with Crippen molar-refractivity contribution >= 4 is 0 Å². The fourth-order valence-electron chi connectivity index (χ4n) is 3.50. The second kappa shape index (κ2) is 4.56. The summed E-state index contributed by atoms with van der Waals surface area (Å²) in [5, 5.41) is 3.86. The maximum Gasteiger partial charge on any atom is 0.255 e. The summed E-state index contributed by atoms with van der Waals surface area (Å²) in [5.74, 6) is 2.33. The molecule has 3 heterocycles. The van der Waals surface area contributed by atoms with E-state index in [0.717, 1.165) is 18.8 Å². The van der Waals surface area contributed by atoms with Crippen LogP contribution in [0.4, 0.5) is 0 Å². The minimum Gasteiger partial charge on any atom is -0.363 e. The molecule has 1 aliphatic carbocycles. The Morgan fingerprint density at radius 3 is 2.84 bits per heavy atom. The van der Waals surface area contributed by atoms with Gasteiger partial charge in [-0.15, -0.1) is 0 Å². The number of rotatable bonds is 3. The van der Waals surface area contributed by atoms with Gasteiger partial charge in [0.1, 0.15) is 6.10 Å². The molecule has 0 unspecified atom stereocenters. The Bertz CT molecular complexity index is 457. The molecule has 0 bridgehead atoms. The van der Waals surface area contributed by atoms with Gasteiger partial charge in [-0.05, 0) is 44.9 Å². The Morgan fingerprint density at radius 2 is 2.11 bits per heavy atom. The Morgan fingerprint density at radius 1 is 1.21 bits per heavy atom. The van der Waals surface area contributed by atoms with Crippen LogP contribution in [-0.2, 0) is 4.74 Å². The molecule has 2 aliphatic heterocycles. The quantitative estimate of drug-likeness (QED) is 0.835. The minimum absolute atomic E-state index is 0.0170. The maximum atomic E-state index is 6.20. The summed E-state index contributed by atoms with van der Waals surface area (Å²) >= 11 is 0. The third-order valence-electron chi connectivity index (χ3n) is 4.67. The van der Waals surface area contributed by atoms with E-state index in [0.29, 0.717) is 23.9 Å². The van der Waals surface area contributed by atoms with Gasteiger partial charge in [-0.2, -0.15) is 4.98 Å². The van der Waals surface area contributed by atoms with Crippen LogP contribution < -0.4 is 0 Å². The van der Waals surface area contributed by atoms with E-state index in [1.807, 2.05) is 6.92 Å². The Balaban J connectivity index is 1.41. The van der Waals surface area contributed by atoms with Gasteiger partial charge in [-0.25, -0.2) is 0 Å². The second-order valence-electron chi connectivity index (χ2n) is 6.21. The molecule has 1 aromatic rings. The molecule has 5 nitrogen and oxygen atoms in total. The number of hydrogen-bond donors (Lipinski definition) is 0. The van der Waals surface area contributed by atoms with Crippen LogP contribution in [0.2, 0.25) is 0 Å². The highest BCUT2D eigenvalue weighted by Gasteiger charge is 2.42. The highest BCUT2D eigenvalue weighted by atomic mass is 16.5. The van der Waals surface area contributed by atoms with Gasteiger partial charge in [0.25, 0.3) is 5.89 Å². The summed E-state index contributed by atoms with van der Waals surface area (Å²) < 4.78 is 11.5. The summed E-state index contributed by atoms with van der Waals surface area (Å²) in [6.45, 7) is 4.34. The van der Waals surface area contributed by atoms with Gasteiger partial charge >= 0.3 is 0 Å². The summed E-state index contributed by atoms with van der Waals surface area (Å²) in [4.78, 5) is 6.96. The van der Waals surface area contributed by atoms with Gasteiger partial charge in [0.05, 0.1) is 6.10 Å². The Kier molecular flexibility index (Phi) is 2.84. The SMILES string of the molecule is Cc1noc([C@@H]2CC[C@@H]3[C@@H](CCN3CC3CC3)O2)n1. The molecule has 3 aliphatic rings. The molecule has 0 radical (unpaired) electrons. The van der Waals surface area contributed by atoms with E-state index >= 15 is 0 Å². The van der Waals surface area contributed by atoms with Gasteiger partial charge in [0.15, 0.2) is 5.82 Å². The topological polar surface area (TPSA) is 51.4 Å². The van der Waals surface area contributed by atoms with Gasteiger partial charge in [0.2, 0.25) is 0 Å². The standard InChI is InChI=1S/C14H21N3O2/c1-9-15-14(19-16-9)13-5-4-11-12(18-13)6-7-17(11)8-10-2-3-10/h10-13H,2-8H2,1H3/t11-,12-,13+/m1/s1. The van der Waals surface area contributed by atoms with Crippen molar-refractivity contribution < 1.29 is 9.26 Å². The van der Waals surface area contributed by atoms with Crippen molar-refractivity contribution in [2.75, 3.05) is 13.1 Å². The lowest BCUT2D eigenvalue weighted by atomic mass is 9.99. The number of ether oxygens (including phenoxy) is 1.